The first kappa shape index (κ1) is 15.7. The standard InChI is InChI=1S/C13H21N5O2S/c1-4-18(21(19,20)11(2)3)10-13-16-7-8-17(13)9-12-14-5-6-15-12/h5-8,11H,4,9-10H2,1-3H3,(H,14,15). The molecule has 0 saturated carbocycles. The van der Waals surface area contributed by atoms with Crippen LogP contribution in [0.25, 0.3) is 0 Å². The lowest BCUT2D eigenvalue weighted by atomic mass is 10.5. The summed E-state index contributed by atoms with van der Waals surface area (Å²) < 4.78 is 27.9. The van der Waals surface area contributed by atoms with Gasteiger partial charge in [0.25, 0.3) is 0 Å². The number of sulfonamides is 1. The van der Waals surface area contributed by atoms with Crippen molar-refractivity contribution in [3.05, 3.63) is 36.4 Å². The van der Waals surface area contributed by atoms with Crippen molar-refractivity contribution in [2.24, 2.45) is 0 Å². The number of aromatic nitrogens is 4. The monoisotopic (exact) mass is 311 g/mol. The second kappa shape index (κ2) is 6.40. The Morgan fingerprint density at radius 3 is 2.67 bits per heavy atom. The molecule has 0 aliphatic heterocycles. The van der Waals surface area contributed by atoms with E-state index in [1.54, 1.807) is 32.4 Å². The van der Waals surface area contributed by atoms with E-state index < -0.39 is 15.3 Å². The molecule has 0 spiro atoms. The zero-order valence-corrected chi connectivity index (χ0v) is 13.3. The average molecular weight is 311 g/mol. The van der Waals surface area contributed by atoms with Gasteiger partial charge < -0.3 is 9.55 Å². The molecule has 2 heterocycles. The fourth-order valence-corrected chi connectivity index (χ4v) is 3.27. The molecule has 116 valence electrons. The Morgan fingerprint density at radius 2 is 2.10 bits per heavy atom. The van der Waals surface area contributed by atoms with Crippen LogP contribution in [-0.2, 0) is 23.1 Å². The molecule has 0 aromatic carbocycles. The van der Waals surface area contributed by atoms with Gasteiger partial charge in [0.1, 0.15) is 11.6 Å². The Bertz CT molecular complexity index is 661. The Morgan fingerprint density at radius 1 is 1.33 bits per heavy atom. The minimum Gasteiger partial charge on any atom is -0.347 e. The third kappa shape index (κ3) is 3.51. The molecular weight excluding hydrogens is 290 g/mol. The smallest absolute Gasteiger partial charge is 0.216 e. The van der Waals surface area contributed by atoms with E-state index in [2.05, 4.69) is 15.0 Å². The van der Waals surface area contributed by atoms with Crippen molar-refractivity contribution < 1.29 is 8.42 Å². The van der Waals surface area contributed by atoms with Crippen molar-refractivity contribution in [1.82, 2.24) is 23.8 Å². The summed E-state index contributed by atoms with van der Waals surface area (Å²) in [6.45, 7) is 6.45. The summed E-state index contributed by atoms with van der Waals surface area (Å²) in [7, 11) is -3.29. The van der Waals surface area contributed by atoms with E-state index in [9.17, 15) is 8.42 Å². The van der Waals surface area contributed by atoms with Gasteiger partial charge >= 0.3 is 0 Å². The first-order chi connectivity index (χ1) is 9.95. The summed E-state index contributed by atoms with van der Waals surface area (Å²) >= 11 is 0. The molecule has 2 rings (SSSR count). The van der Waals surface area contributed by atoms with E-state index in [4.69, 9.17) is 0 Å². The minimum absolute atomic E-state index is 0.269. The maximum Gasteiger partial charge on any atom is 0.216 e. The summed E-state index contributed by atoms with van der Waals surface area (Å²) in [5, 5.41) is -0.439. The summed E-state index contributed by atoms with van der Waals surface area (Å²) in [4.78, 5) is 11.5. The highest BCUT2D eigenvalue weighted by Crippen LogP contribution is 2.13. The summed E-state index contributed by atoms with van der Waals surface area (Å²) in [5.41, 5.74) is 0. The number of hydrogen-bond acceptors (Lipinski definition) is 4. The van der Waals surface area contributed by atoms with Crippen LogP contribution < -0.4 is 0 Å². The van der Waals surface area contributed by atoms with Crippen LogP contribution in [0.5, 0.6) is 0 Å². The number of imidazole rings is 2. The molecule has 2 aromatic heterocycles. The molecule has 0 unspecified atom stereocenters. The molecule has 0 bridgehead atoms. The second-order valence-corrected chi connectivity index (χ2v) is 7.52. The lowest BCUT2D eigenvalue weighted by molar-refractivity contribution is 0.402. The predicted molar refractivity (Wildman–Crippen MR) is 80.1 cm³/mol. The van der Waals surface area contributed by atoms with Crippen molar-refractivity contribution in [1.29, 1.82) is 0 Å². The zero-order valence-electron chi connectivity index (χ0n) is 12.5. The first-order valence-electron chi connectivity index (χ1n) is 6.92. The molecule has 0 atom stereocenters. The number of rotatable bonds is 7. The van der Waals surface area contributed by atoms with E-state index in [0.29, 0.717) is 18.9 Å². The number of aromatic amines is 1. The lowest BCUT2D eigenvalue weighted by Crippen LogP contribution is -2.36. The van der Waals surface area contributed by atoms with Gasteiger partial charge in [-0.05, 0) is 13.8 Å². The molecule has 0 saturated heterocycles. The molecular formula is C13H21N5O2S. The fourth-order valence-electron chi connectivity index (χ4n) is 2.02. The van der Waals surface area contributed by atoms with Gasteiger partial charge in [-0.1, -0.05) is 6.92 Å². The molecule has 7 nitrogen and oxygen atoms in total. The van der Waals surface area contributed by atoms with Gasteiger partial charge in [-0.25, -0.2) is 18.4 Å². The molecule has 0 amide bonds. The molecule has 2 aromatic rings. The first-order valence-corrected chi connectivity index (χ1v) is 8.42. The molecule has 0 aliphatic rings. The van der Waals surface area contributed by atoms with Gasteiger partial charge in [-0.15, -0.1) is 0 Å². The van der Waals surface area contributed by atoms with Gasteiger partial charge in [-0.3, -0.25) is 0 Å². The predicted octanol–water partition coefficient (Wildman–Crippen LogP) is 1.21. The van der Waals surface area contributed by atoms with Gasteiger partial charge in [0.05, 0.1) is 18.3 Å². The third-order valence-corrected chi connectivity index (χ3v) is 5.60. The van der Waals surface area contributed by atoms with Crippen molar-refractivity contribution in [3.63, 3.8) is 0 Å². The number of hydrogen-bond donors (Lipinski definition) is 1. The summed E-state index contributed by atoms with van der Waals surface area (Å²) in [5.74, 6) is 1.52. The quantitative estimate of drug-likeness (QED) is 0.833. The van der Waals surface area contributed by atoms with Crippen LogP contribution in [0.15, 0.2) is 24.8 Å². The highest BCUT2D eigenvalue weighted by molar-refractivity contribution is 7.89. The van der Waals surface area contributed by atoms with E-state index in [-0.39, 0.29) is 6.54 Å². The van der Waals surface area contributed by atoms with Crippen LogP contribution >= 0.6 is 0 Å². The topological polar surface area (TPSA) is 83.9 Å². The highest BCUT2D eigenvalue weighted by Gasteiger charge is 2.25. The van der Waals surface area contributed by atoms with Crippen molar-refractivity contribution in [3.8, 4) is 0 Å². The second-order valence-electron chi connectivity index (χ2n) is 5.03. The van der Waals surface area contributed by atoms with Crippen LogP contribution in [0.3, 0.4) is 0 Å². The van der Waals surface area contributed by atoms with Gasteiger partial charge in [0.2, 0.25) is 10.0 Å². The maximum atomic E-state index is 12.3. The Balaban J connectivity index is 2.18. The molecule has 21 heavy (non-hydrogen) atoms. The van der Waals surface area contributed by atoms with Gasteiger partial charge in [0.15, 0.2) is 0 Å². The number of H-pyrrole nitrogens is 1. The zero-order chi connectivity index (χ0) is 15.5. The summed E-state index contributed by atoms with van der Waals surface area (Å²) in [6.07, 6.45) is 6.95. The molecule has 1 N–H and O–H groups in total. The highest BCUT2D eigenvalue weighted by atomic mass is 32.2. The minimum atomic E-state index is -3.29. The Kier molecular flexibility index (Phi) is 4.79. The third-order valence-electron chi connectivity index (χ3n) is 3.30. The molecule has 8 heteroatoms. The summed E-state index contributed by atoms with van der Waals surface area (Å²) in [6, 6.07) is 0. The molecule has 0 aliphatic carbocycles. The molecule has 0 radical (unpaired) electrons. The van der Waals surface area contributed by atoms with Crippen LogP contribution in [0, 0.1) is 0 Å². The van der Waals surface area contributed by atoms with E-state index >= 15 is 0 Å². The van der Waals surface area contributed by atoms with Crippen LogP contribution in [0.4, 0.5) is 0 Å². The SMILES string of the molecule is CCN(Cc1nccn1Cc1ncc[nH]1)S(=O)(=O)C(C)C. The van der Waals surface area contributed by atoms with E-state index in [1.807, 2.05) is 17.7 Å². The van der Waals surface area contributed by atoms with Crippen molar-refractivity contribution >= 4 is 10.0 Å². The van der Waals surface area contributed by atoms with Crippen LogP contribution in [0.1, 0.15) is 32.4 Å². The maximum absolute atomic E-state index is 12.3. The van der Waals surface area contributed by atoms with Crippen molar-refractivity contribution in [2.45, 2.75) is 39.1 Å². The average Bonchev–Trinajstić information content (AvgIpc) is 3.08. The van der Waals surface area contributed by atoms with Gasteiger partial charge in [-0.2, -0.15) is 4.31 Å². The fraction of sp³-hybridized carbons (Fsp3) is 0.538. The van der Waals surface area contributed by atoms with Crippen LogP contribution in [-0.4, -0.2) is 44.0 Å². The Labute approximate surface area is 125 Å². The number of nitrogens with one attached hydrogen (secondary N) is 1. The van der Waals surface area contributed by atoms with Crippen LogP contribution in [0.2, 0.25) is 0 Å². The molecule has 0 fully saturated rings. The largest absolute Gasteiger partial charge is 0.347 e. The van der Waals surface area contributed by atoms with E-state index in [1.165, 1.54) is 4.31 Å². The Hall–Kier alpha value is -1.67. The normalized spacial score (nSPS) is 12.4. The van der Waals surface area contributed by atoms with Gasteiger partial charge in [0, 0.05) is 31.3 Å². The van der Waals surface area contributed by atoms with Crippen molar-refractivity contribution in [2.75, 3.05) is 6.54 Å². The number of nitrogens with zero attached hydrogens (tertiary/aromatic N) is 4. The lowest BCUT2D eigenvalue weighted by Gasteiger charge is -2.22. The van der Waals surface area contributed by atoms with E-state index in [0.717, 1.165) is 5.82 Å².